The van der Waals surface area contributed by atoms with Gasteiger partial charge in [0.1, 0.15) is 0 Å². The molecule has 0 aromatic carbocycles. The van der Waals surface area contributed by atoms with Crippen LogP contribution in [0.3, 0.4) is 0 Å². The molecule has 0 bridgehead atoms. The van der Waals surface area contributed by atoms with E-state index in [1.165, 1.54) is 25.7 Å². The molecule has 1 saturated carbocycles. The number of ether oxygens (including phenoxy) is 1. The minimum absolute atomic E-state index is 0.0755. The molecular formula is C15H21NO2. The fourth-order valence-electron chi connectivity index (χ4n) is 3.53. The van der Waals surface area contributed by atoms with Gasteiger partial charge >= 0.3 is 0 Å². The maximum atomic E-state index is 10.5. The monoisotopic (exact) mass is 247 g/mol. The molecule has 2 heterocycles. The van der Waals surface area contributed by atoms with Crippen molar-refractivity contribution in [1.82, 2.24) is 4.98 Å². The highest BCUT2D eigenvalue weighted by Gasteiger charge is 2.41. The molecule has 18 heavy (non-hydrogen) atoms. The third-order valence-corrected chi connectivity index (χ3v) is 4.52. The number of hydrogen-bond donors (Lipinski definition) is 1. The van der Waals surface area contributed by atoms with Crippen LogP contribution < -0.4 is 0 Å². The zero-order valence-corrected chi connectivity index (χ0v) is 10.7. The smallest absolute Gasteiger partial charge is 0.0834 e. The van der Waals surface area contributed by atoms with Gasteiger partial charge in [0.2, 0.25) is 0 Å². The van der Waals surface area contributed by atoms with Crippen LogP contribution in [0.15, 0.2) is 24.5 Å². The fraction of sp³-hybridized carbons (Fsp3) is 0.667. The Hall–Kier alpha value is -0.930. The topological polar surface area (TPSA) is 42.4 Å². The van der Waals surface area contributed by atoms with Gasteiger partial charge in [-0.15, -0.1) is 0 Å². The summed E-state index contributed by atoms with van der Waals surface area (Å²) in [5, 5.41) is 10.5. The Morgan fingerprint density at radius 1 is 1.39 bits per heavy atom. The van der Waals surface area contributed by atoms with E-state index < -0.39 is 0 Å². The highest BCUT2D eigenvalue weighted by atomic mass is 16.5. The van der Waals surface area contributed by atoms with Gasteiger partial charge in [-0.25, -0.2) is 0 Å². The van der Waals surface area contributed by atoms with Crippen LogP contribution in [0.1, 0.15) is 50.2 Å². The Balaban J connectivity index is 1.72. The number of aromatic nitrogens is 1. The second kappa shape index (κ2) is 4.98. The first-order valence-electron chi connectivity index (χ1n) is 7.01. The molecule has 3 nitrogen and oxygen atoms in total. The largest absolute Gasteiger partial charge is 0.388 e. The second-order valence-corrected chi connectivity index (χ2v) is 5.72. The molecule has 1 aliphatic heterocycles. The number of pyridine rings is 1. The molecule has 1 aromatic rings. The number of aliphatic hydroxyl groups excluding tert-OH is 1. The Morgan fingerprint density at radius 3 is 2.94 bits per heavy atom. The van der Waals surface area contributed by atoms with Crippen molar-refractivity contribution in [2.75, 3.05) is 6.61 Å². The van der Waals surface area contributed by atoms with E-state index in [4.69, 9.17) is 4.74 Å². The summed E-state index contributed by atoms with van der Waals surface area (Å²) in [7, 11) is 0. The van der Waals surface area contributed by atoms with Crippen LogP contribution in [0.25, 0.3) is 0 Å². The van der Waals surface area contributed by atoms with Gasteiger partial charge in [-0.1, -0.05) is 18.9 Å². The fourth-order valence-corrected chi connectivity index (χ4v) is 3.53. The molecule has 1 aromatic heterocycles. The molecule has 3 rings (SSSR count). The minimum atomic E-state index is -0.389. The van der Waals surface area contributed by atoms with Crippen LogP contribution in [-0.2, 0) is 4.74 Å². The van der Waals surface area contributed by atoms with E-state index in [0.717, 1.165) is 25.0 Å². The van der Waals surface area contributed by atoms with Crippen LogP contribution in [0.2, 0.25) is 0 Å². The highest BCUT2D eigenvalue weighted by molar-refractivity contribution is 5.13. The van der Waals surface area contributed by atoms with Crippen LogP contribution >= 0.6 is 0 Å². The van der Waals surface area contributed by atoms with Crippen molar-refractivity contribution < 1.29 is 9.84 Å². The van der Waals surface area contributed by atoms with Gasteiger partial charge in [-0.05, 0) is 43.2 Å². The van der Waals surface area contributed by atoms with E-state index in [0.29, 0.717) is 5.92 Å². The van der Waals surface area contributed by atoms with Crippen molar-refractivity contribution in [2.24, 2.45) is 5.92 Å². The van der Waals surface area contributed by atoms with Crippen molar-refractivity contribution in [3.8, 4) is 0 Å². The maximum absolute atomic E-state index is 10.5. The Bertz CT molecular complexity index is 387. The number of hydrogen-bond acceptors (Lipinski definition) is 3. The standard InChI is InChI=1S/C15H21NO2/c17-14(13-4-3-8-16-11-13)12-5-9-18-15(10-12)6-1-2-7-15/h3-4,8,11-12,14,17H,1-2,5-7,9-10H2. The lowest BCUT2D eigenvalue weighted by Gasteiger charge is -2.40. The van der Waals surface area contributed by atoms with Gasteiger partial charge in [0.25, 0.3) is 0 Å². The van der Waals surface area contributed by atoms with Gasteiger partial charge < -0.3 is 9.84 Å². The Labute approximate surface area is 108 Å². The first-order chi connectivity index (χ1) is 8.79. The van der Waals surface area contributed by atoms with E-state index in [1.54, 1.807) is 12.4 Å². The van der Waals surface area contributed by atoms with E-state index in [1.807, 2.05) is 12.1 Å². The van der Waals surface area contributed by atoms with Crippen molar-refractivity contribution >= 4 is 0 Å². The predicted molar refractivity (Wildman–Crippen MR) is 69.1 cm³/mol. The van der Waals surface area contributed by atoms with Crippen LogP contribution in [0.5, 0.6) is 0 Å². The normalized spacial score (nSPS) is 28.4. The van der Waals surface area contributed by atoms with Crippen molar-refractivity contribution in [3.05, 3.63) is 30.1 Å². The van der Waals surface area contributed by atoms with Crippen molar-refractivity contribution in [3.63, 3.8) is 0 Å². The SMILES string of the molecule is OC(c1cccnc1)C1CCOC2(CCCC2)C1. The van der Waals surface area contributed by atoms with Gasteiger partial charge in [0.05, 0.1) is 11.7 Å². The van der Waals surface area contributed by atoms with Crippen molar-refractivity contribution in [1.29, 1.82) is 0 Å². The molecular weight excluding hydrogens is 226 g/mol. The third kappa shape index (κ3) is 2.29. The summed E-state index contributed by atoms with van der Waals surface area (Å²) in [6.45, 7) is 0.794. The lowest BCUT2D eigenvalue weighted by molar-refractivity contribution is -0.113. The second-order valence-electron chi connectivity index (χ2n) is 5.72. The third-order valence-electron chi connectivity index (χ3n) is 4.52. The molecule has 98 valence electrons. The Kier molecular flexibility index (Phi) is 3.35. The molecule has 1 N–H and O–H groups in total. The molecule has 1 spiro atoms. The van der Waals surface area contributed by atoms with E-state index in [2.05, 4.69) is 4.98 Å². The average molecular weight is 247 g/mol. The lowest BCUT2D eigenvalue weighted by atomic mass is 9.80. The van der Waals surface area contributed by atoms with Gasteiger partial charge in [-0.3, -0.25) is 4.98 Å². The molecule has 2 atom stereocenters. The van der Waals surface area contributed by atoms with Crippen LogP contribution in [0.4, 0.5) is 0 Å². The van der Waals surface area contributed by atoms with Crippen LogP contribution in [-0.4, -0.2) is 22.3 Å². The molecule has 1 saturated heterocycles. The summed E-state index contributed by atoms with van der Waals surface area (Å²) in [6, 6.07) is 3.86. The predicted octanol–water partition coefficient (Wildman–Crippen LogP) is 2.85. The molecule has 2 fully saturated rings. The molecule has 1 aliphatic carbocycles. The van der Waals surface area contributed by atoms with Gasteiger partial charge in [-0.2, -0.15) is 0 Å². The first kappa shape index (κ1) is 12.1. The van der Waals surface area contributed by atoms with Gasteiger partial charge in [0, 0.05) is 19.0 Å². The number of nitrogens with zero attached hydrogens (tertiary/aromatic N) is 1. The summed E-state index contributed by atoms with van der Waals surface area (Å²) >= 11 is 0. The van der Waals surface area contributed by atoms with Gasteiger partial charge in [0.15, 0.2) is 0 Å². The first-order valence-corrected chi connectivity index (χ1v) is 7.01. The van der Waals surface area contributed by atoms with Crippen LogP contribution in [0, 0.1) is 5.92 Å². The average Bonchev–Trinajstić information content (AvgIpc) is 2.87. The summed E-state index contributed by atoms with van der Waals surface area (Å²) in [5.41, 5.74) is 1.02. The molecule has 0 radical (unpaired) electrons. The molecule has 2 unspecified atom stereocenters. The maximum Gasteiger partial charge on any atom is 0.0834 e. The summed E-state index contributed by atoms with van der Waals surface area (Å²) < 4.78 is 6.02. The summed E-state index contributed by atoms with van der Waals surface area (Å²) in [4.78, 5) is 4.10. The summed E-state index contributed by atoms with van der Waals surface area (Å²) in [5.74, 6) is 0.320. The minimum Gasteiger partial charge on any atom is -0.388 e. The number of rotatable bonds is 2. The zero-order chi connectivity index (χ0) is 12.4. The quantitative estimate of drug-likeness (QED) is 0.873. The van der Waals surface area contributed by atoms with Crippen molar-refractivity contribution in [2.45, 2.75) is 50.2 Å². The number of aliphatic hydroxyl groups is 1. The highest BCUT2D eigenvalue weighted by Crippen LogP contribution is 2.45. The molecule has 3 heteroatoms. The molecule has 0 amide bonds. The van der Waals surface area contributed by atoms with E-state index in [-0.39, 0.29) is 11.7 Å². The van der Waals surface area contributed by atoms with E-state index in [9.17, 15) is 5.11 Å². The zero-order valence-electron chi connectivity index (χ0n) is 10.7. The summed E-state index contributed by atoms with van der Waals surface area (Å²) in [6.07, 6.45) is 9.99. The molecule has 2 aliphatic rings. The van der Waals surface area contributed by atoms with E-state index >= 15 is 0 Å². The Morgan fingerprint density at radius 2 is 2.22 bits per heavy atom. The lowest BCUT2D eigenvalue weighted by Crippen LogP contribution is -2.39.